The number of aromatic amines is 1. The minimum absolute atomic E-state index is 0.0703. The molecule has 2 aromatic carbocycles. The van der Waals surface area contributed by atoms with Crippen molar-refractivity contribution < 1.29 is 37.3 Å². The number of nitrogens with one attached hydrogen (secondary N) is 2. The van der Waals surface area contributed by atoms with Gasteiger partial charge in [0, 0.05) is 29.5 Å². The average Bonchev–Trinajstić information content (AvgIpc) is 3.69. The van der Waals surface area contributed by atoms with Gasteiger partial charge in [-0.1, -0.05) is 55.1 Å². The van der Waals surface area contributed by atoms with E-state index >= 15 is 0 Å². The van der Waals surface area contributed by atoms with E-state index in [1.807, 2.05) is 31.2 Å². The zero-order chi connectivity index (χ0) is 29.9. The fourth-order valence-electron chi connectivity index (χ4n) is 5.17. The number of hydrogen-bond acceptors (Lipinski definition) is 8. The van der Waals surface area contributed by atoms with Crippen LogP contribution in [0.25, 0.3) is 0 Å². The molecule has 0 aliphatic carbocycles. The first-order valence-corrected chi connectivity index (χ1v) is 14.4. The van der Waals surface area contributed by atoms with Crippen molar-refractivity contribution >= 4 is 29.3 Å². The van der Waals surface area contributed by atoms with Crippen LogP contribution < -0.4 is 5.32 Å². The van der Waals surface area contributed by atoms with Crippen LogP contribution >= 0.6 is 11.8 Å². The van der Waals surface area contributed by atoms with Crippen LogP contribution in [0, 0.1) is 5.92 Å². The third-order valence-corrected chi connectivity index (χ3v) is 8.35. The predicted octanol–water partition coefficient (Wildman–Crippen LogP) is 4.37. The number of anilines is 1. The zero-order valence-corrected chi connectivity index (χ0v) is 23.4. The number of aliphatic hydroxyl groups excluding tert-OH is 1. The minimum atomic E-state index is -5.05. The lowest BCUT2D eigenvalue weighted by Crippen LogP contribution is -2.48. The van der Waals surface area contributed by atoms with Crippen LogP contribution in [-0.2, 0) is 25.7 Å². The lowest BCUT2D eigenvalue weighted by molar-refractivity contribution is -0.268. The number of benzene rings is 2. The number of hydrogen-bond donors (Lipinski definition) is 3. The summed E-state index contributed by atoms with van der Waals surface area (Å²) in [5.74, 6) is -2.23. The second-order valence-corrected chi connectivity index (χ2v) is 11.2. The number of nitrogens with zero attached hydrogens (tertiary/aromatic N) is 3. The number of amides is 2. The summed E-state index contributed by atoms with van der Waals surface area (Å²) in [7, 11) is 0. The minimum Gasteiger partial charge on any atom is -0.392 e. The molecule has 3 heterocycles. The molecule has 14 heteroatoms. The third-order valence-electron chi connectivity index (χ3n) is 7.39. The molecule has 2 amide bonds. The van der Waals surface area contributed by atoms with E-state index in [1.54, 1.807) is 24.3 Å². The van der Waals surface area contributed by atoms with Gasteiger partial charge in [-0.3, -0.25) is 14.7 Å². The Morgan fingerprint density at radius 2 is 1.95 bits per heavy atom. The first kappa shape index (κ1) is 30.0. The van der Waals surface area contributed by atoms with Crippen LogP contribution in [0.3, 0.4) is 0 Å². The molecule has 3 N–H and O–H groups in total. The summed E-state index contributed by atoms with van der Waals surface area (Å²) in [5.41, 5.74) is 2.61. The van der Waals surface area contributed by atoms with Crippen LogP contribution in [0.1, 0.15) is 48.8 Å². The molecule has 10 nitrogen and oxygen atoms in total. The highest BCUT2D eigenvalue weighted by atomic mass is 32.2. The Morgan fingerprint density at radius 1 is 1.17 bits per heavy atom. The molecule has 5 rings (SSSR count). The summed E-state index contributed by atoms with van der Waals surface area (Å²) in [6.07, 6.45) is -4.65. The third kappa shape index (κ3) is 6.77. The van der Waals surface area contributed by atoms with E-state index < -0.39 is 30.3 Å². The molecule has 5 unspecified atom stereocenters. The second kappa shape index (κ2) is 12.8. The number of rotatable bonds is 8. The Bertz CT molecular complexity index is 1380. The van der Waals surface area contributed by atoms with Gasteiger partial charge in [-0.05, 0) is 36.1 Å². The van der Waals surface area contributed by atoms with E-state index in [4.69, 9.17) is 9.47 Å². The summed E-state index contributed by atoms with van der Waals surface area (Å²) in [4.78, 5) is 29.5. The Morgan fingerprint density at radius 3 is 2.64 bits per heavy atom. The van der Waals surface area contributed by atoms with Crippen molar-refractivity contribution in [3.05, 3.63) is 71.5 Å². The number of aliphatic hydroxyl groups is 1. The first-order valence-electron chi connectivity index (χ1n) is 13.4. The monoisotopic (exact) mass is 605 g/mol. The van der Waals surface area contributed by atoms with Crippen molar-refractivity contribution in [3.8, 4) is 0 Å². The molecule has 2 aliphatic rings. The van der Waals surface area contributed by atoms with Gasteiger partial charge in [-0.2, -0.15) is 18.3 Å². The molecule has 0 radical (unpaired) electrons. The zero-order valence-electron chi connectivity index (χ0n) is 22.6. The van der Waals surface area contributed by atoms with E-state index in [-0.39, 0.29) is 37.7 Å². The van der Waals surface area contributed by atoms with Crippen molar-refractivity contribution in [2.75, 3.05) is 17.6 Å². The standard InChI is InChI=1S/C28H30F3N5O5S/c1-16-22(14-42-27-32-15-33-35-27)40-25(41-23(16)18-9-7-17(13-37)8-10-18)19-4-2-5-20(12-19)34-24(38)21-6-3-11-36(21)26(39)28(29,30)31/h2,4-5,7-10,12,15-16,21-23,25,37H,3,6,11,13-14H2,1H3,(H,34,38)(H,32,33,35). The van der Waals surface area contributed by atoms with Gasteiger partial charge in [-0.25, -0.2) is 4.98 Å². The number of carbonyl (C=O) groups is 2. The summed E-state index contributed by atoms with van der Waals surface area (Å²) in [6, 6.07) is 13.0. The molecule has 224 valence electrons. The number of alkyl halides is 3. The molecule has 42 heavy (non-hydrogen) atoms. The van der Waals surface area contributed by atoms with Gasteiger partial charge < -0.3 is 24.8 Å². The Hall–Kier alpha value is -3.46. The normalized spacial score (nSPS) is 24.5. The van der Waals surface area contributed by atoms with Crippen molar-refractivity contribution in [2.45, 2.75) is 62.2 Å². The summed E-state index contributed by atoms with van der Waals surface area (Å²) in [5, 5.41) is 19.5. The number of ether oxygens (including phenoxy) is 2. The maximum absolute atomic E-state index is 13.0. The van der Waals surface area contributed by atoms with Gasteiger partial charge in [0.25, 0.3) is 0 Å². The van der Waals surface area contributed by atoms with E-state index in [9.17, 15) is 27.9 Å². The number of halogens is 3. The molecule has 0 spiro atoms. The second-order valence-electron chi connectivity index (χ2n) is 10.2. The lowest BCUT2D eigenvalue weighted by atomic mass is 9.91. The molecule has 0 bridgehead atoms. The lowest BCUT2D eigenvalue weighted by Gasteiger charge is -2.41. The predicted molar refractivity (Wildman–Crippen MR) is 146 cm³/mol. The summed E-state index contributed by atoms with van der Waals surface area (Å²) < 4.78 is 51.9. The van der Waals surface area contributed by atoms with Crippen molar-refractivity contribution in [3.63, 3.8) is 0 Å². The van der Waals surface area contributed by atoms with Crippen LogP contribution in [0.4, 0.5) is 18.9 Å². The maximum atomic E-state index is 13.0. The largest absolute Gasteiger partial charge is 0.471 e. The van der Waals surface area contributed by atoms with Gasteiger partial charge in [0.15, 0.2) is 11.4 Å². The number of carbonyl (C=O) groups excluding carboxylic acids is 2. The van der Waals surface area contributed by atoms with Crippen LogP contribution in [0.2, 0.25) is 0 Å². The fraction of sp³-hybridized carbons (Fsp3) is 0.429. The summed E-state index contributed by atoms with van der Waals surface area (Å²) in [6.45, 7) is 1.82. The molecule has 2 saturated heterocycles. The van der Waals surface area contributed by atoms with Gasteiger partial charge in [-0.15, -0.1) is 0 Å². The van der Waals surface area contributed by atoms with Crippen LogP contribution in [-0.4, -0.2) is 67.6 Å². The topological polar surface area (TPSA) is 130 Å². The highest BCUT2D eigenvalue weighted by molar-refractivity contribution is 7.99. The van der Waals surface area contributed by atoms with Crippen LogP contribution in [0.5, 0.6) is 0 Å². The molecule has 2 aliphatic heterocycles. The van der Waals surface area contributed by atoms with Gasteiger partial charge in [0.1, 0.15) is 12.4 Å². The van der Waals surface area contributed by atoms with Gasteiger partial charge in [0.2, 0.25) is 5.91 Å². The van der Waals surface area contributed by atoms with E-state index in [0.29, 0.717) is 33.5 Å². The number of likely N-dealkylation sites (tertiary alicyclic amines) is 1. The quantitative estimate of drug-likeness (QED) is 0.323. The molecule has 3 aromatic rings. The van der Waals surface area contributed by atoms with Gasteiger partial charge >= 0.3 is 12.1 Å². The van der Waals surface area contributed by atoms with E-state index in [2.05, 4.69) is 20.5 Å². The Balaban J connectivity index is 1.34. The van der Waals surface area contributed by atoms with Gasteiger partial charge in [0.05, 0.1) is 18.8 Å². The van der Waals surface area contributed by atoms with Crippen molar-refractivity contribution in [2.24, 2.45) is 5.92 Å². The molecule has 0 saturated carbocycles. The SMILES string of the molecule is CC1C(CSc2ncn[nH]2)OC(c2cccc(NC(=O)C3CCCN3C(=O)C(F)(F)F)c2)OC1c1ccc(CO)cc1. The molecule has 1 aromatic heterocycles. The number of thioether (sulfide) groups is 1. The molecule has 2 fully saturated rings. The van der Waals surface area contributed by atoms with E-state index in [0.717, 1.165) is 11.1 Å². The number of aromatic nitrogens is 3. The molecular formula is C28H30F3N5O5S. The average molecular weight is 606 g/mol. The van der Waals surface area contributed by atoms with Crippen molar-refractivity contribution in [1.82, 2.24) is 20.1 Å². The van der Waals surface area contributed by atoms with Crippen molar-refractivity contribution in [1.29, 1.82) is 0 Å². The summed E-state index contributed by atoms with van der Waals surface area (Å²) >= 11 is 1.46. The molecule has 5 atom stereocenters. The molecular weight excluding hydrogens is 575 g/mol. The van der Waals surface area contributed by atoms with Crippen LogP contribution in [0.15, 0.2) is 60.0 Å². The first-order chi connectivity index (χ1) is 20.1. The smallest absolute Gasteiger partial charge is 0.392 e. The highest BCUT2D eigenvalue weighted by Crippen LogP contribution is 2.43. The highest BCUT2D eigenvalue weighted by Gasteiger charge is 2.47. The maximum Gasteiger partial charge on any atom is 0.471 e. The van der Waals surface area contributed by atoms with E-state index in [1.165, 1.54) is 18.1 Å². The number of H-pyrrole nitrogens is 1. The fourth-order valence-corrected chi connectivity index (χ4v) is 6.11. The Kier molecular flexibility index (Phi) is 9.16. The Labute approximate surface area is 244 Å².